The Morgan fingerprint density at radius 3 is 2.68 bits per heavy atom. The molecule has 1 atom stereocenters. The zero-order valence-corrected chi connectivity index (χ0v) is 11.8. The molecule has 0 saturated heterocycles. The number of aromatic nitrogens is 3. The van der Waals surface area contributed by atoms with Gasteiger partial charge in [-0.2, -0.15) is 9.78 Å². The highest BCUT2D eigenvalue weighted by Gasteiger charge is 2.15. The average Bonchev–Trinajstić information content (AvgIpc) is 2.42. The maximum absolute atomic E-state index is 11.7. The van der Waals surface area contributed by atoms with Crippen LogP contribution in [0.15, 0.2) is 44.5 Å². The van der Waals surface area contributed by atoms with E-state index in [9.17, 15) is 9.59 Å². The molecule has 1 aromatic carbocycles. The van der Waals surface area contributed by atoms with E-state index >= 15 is 0 Å². The molecule has 0 spiro atoms. The van der Waals surface area contributed by atoms with Gasteiger partial charge in [-0.25, -0.2) is 4.79 Å². The predicted molar refractivity (Wildman–Crippen MR) is 73.0 cm³/mol. The highest BCUT2D eigenvalue weighted by molar-refractivity contribution is 9.10. The summed E-state index contributed by atoms with van der Waals surface area (Å²) in [5.41, 5.74) is -0.155. The molecule has 0 amide bonds. The Labute approximate surface area is 117 Å². The van der Waals surface area contributed by atoms with Crippen molar-refractivity contribution in [2.24, 2.45) is 0 Å². The number of hydrogen-bond donors (Lipinski definition) is 1. The summed E-state index contributed by atoms with van der Waals surface area (Å²) in [7, 11) is 1.49. The molecule has 0 saturated carbocycles. The molecule has 0 aliphatic carbocycles. The standard InChI is InChI=1S/C12H12BrN3O3/c1-19-9(7-8-5-3-2-4-6-8)16-12(18)14-11(17)10(13)15-16/h2-6,9H,7H2,1H3,(H,14,17,18). The van der Waals surface area contributed by atoms with Crippen molar-refractivity contribution >= 4 is 15.9 Å². The van der Waals surface area contributed by atoms with Crippen LogP contribution < -0.4 is 11.2 Å². The molecule has 1 heterocycles. The van der Waals surface area contributed by atoms with E-state index in [0.29, 0.717) is 6.42 Å². The van der Waals surface area contributed by atoms with E-state index < -0.39 is 17.5 Å². The van der Waals surface area contributed by atoms with Gasteiger partial charge < -0.3 is 4.74 Å². The van der Waals surface area contributed by atoms with Crippen LogP contribution in [0.5, 0.6) is 0 Å². The summed E-state index contributed by atoms with van der Waals surface area (Å²) in [6.07, 6.45) is -0.106. The lowest BCUT2D eigenvalue weighted by Crippen LogP contribution is -2.36. The summed E-state index contributed by atoms with van der Waals surface area (Å²) < 4.78 is 6.43. The Hall–Kier alpha value is -1.73. The first-order chi connectivity index (χ1) is 9.11. The van der Waals surface area contributed by atoms with Crippen LogP contribution in [0.2, 0.25) is 0 Å². The van der Waals surface area contributed by atoms with Crippen LogP contribution in [0.4, 0.5) is 0 Å². The van der Waals surface area contributed by atoms with Crippen LogP contribution >= 0.6 is 15.9 Å². The minimum atomic E-state index is -0.601. The molecule has 0 fully saturated rings. The van der Waals surface area contributed by atoms with Crippen molar-refractivity contribution in [2.45, 2.75) is 12.6 Å². The third-order valence-corrected chi connectivity index (χ3v) is 3.13. The molecule has 2 aromatic rings. The van der Waals surface area contributed by atoms with Gasteiger partial charge in [0, 0.05) is 13.5 Å². The number of benzene rings is 1. The highest BCUT2D eigenvalue weighted by Crippen LogP contribution is 2.12. The number of rotatable bonds is 4. The molecule has 100 valence electrons. The molecule has 19 heavy (non-hydrogen) atoms. The summed E-state index contributed by atoms with van der Waals surface area (Å²) in [5.74, 6) is 0. The zero-order chi connectivity index (χ0) is 13.8. The van der Waals surface area contributed by atoms with Crippen molar-refractivity contribution in [2.75, 3.05) is 7.11 Å². The zero-order valence-electron chi connectivity index (χ0n) is 10.2. The number of nitrogens with one attached hydrogen (secondary N) is 1. The summed E-state index contributed by atoms with van der Waals surface area (Å²) in [4.78, 5) is 25.1. The Bertz CT molecular complexity index is 666. The minimum Gasteiger partial charge on any atom is -0.359 e. The van der Waals surface area contributed by atoms with Gasteiger partial charge in [0.1, 0.15) is 0 Å². The maximum Gasteiger partial charge on any atom is 0.347 e. The molecule has 7 heteroatoms. The molecule has 0 aliphatic heterocycles. The highest BCUT2D eigenvalue weighted by atomic mass is 79.9. The Kier molecular flexibility index (Phi) is 4.28. The van der Waals surface area contributed by atoms with Gasteiger partial charge in [-0.15, -0.1) is 0 Å². The fourth-order valence-electron chi connectivity index (χ4n) is 1.67. The van der Waals surface area contributed by atoms with Gasteiger partial charge in [0.05, 0.1) is 0 Å². The number of hydrogen-bond acceptors (Lipinski definition) is 4. The number of H-pyrrole nitrogens is 1. The summed E-state index contributed by atoms with van der Waals surface area (Å²) in [6.45, 7) is 0. The molecule has 0 bridgehead atoms. The van der Waals surface area contributed by atoms with Gasteiger partial charge >= 0.3 is 5.69 Å². The topological polar surface area (TPSA) is 77.0 Å². The SMILES string of the molecule is COC(Cc1ccccc1)n1nc(Br)c(=O)[nH]c1=O. The Morgan fingerprint density at radius 2 is 2.05 bits per heavy atom. The third-order valence-electron chi connectivity index (χ3n) is 2.61. The van der Waals surface area contributed by atoms with E-state index in [0.717, 1.165) is 10.2 Å². The van der Waals surface area contributed by atoms with E-state index in [-0.39, 0.29) is 4.60 Å². The second-order valence-corrected chi connectivity index (χ2v) is 4.63. The quantitative estimate of drug-likeness (QED) is 0.912. The summed E-state index contributed by atoms with van der Waals surface area (Å²) in [5, 5.41) is 3.89. The number of nitrogens with zero attached hydrogens (tertiary/aromatic N) is 2. The number of ether oxygens (including phenoxy) is 1. The van der Waals surface area contributed by atoms with Crippen molar-refractivity contribution in [3.8, 4) is 0 Å². The molecule has 0 aliphatic rings. The van der Waals surface area contributed by atoms with Crippen LogP contribution in [0, 0.1) is 0 Å². The van der Waals surface area contributed by atoms with Crippen LogP contribution in [-0.4, -0.2) is 21.9 Å². The van der Waals surface area contributed by atoms with Gasteiger partial charge in [0.15, 0.2) is 10.8 Å². The smallest absolute Gasteiger partial charge is 0.347 e. The maximum atomic E-state index is 11.7. The number of aromatic amines is 1. The van der Waals surface area contributed by atoms with Gasteiger partial charge in [0.2, 0.25) is 0 Å². The van der Waals surface area contributed by atoms with Gasteiger partial charge in [-0.1, -0.05) is 30.3 Å². The normalized spacial score (nSPS) is 12.3. The fraction of sp³-hybridized carbons (Fsp3) is 0.250. The first kappa shape index (κ1) is 13.7. The lowest BCUT2D eigenvalue weighted by molar-refractivity contribution is 0.0282. The molecule has 2 rings (SSSR count). The molecule has 1 N–H and O–H groups in total. The monoisotopic (exact) mass is 325 g/mol. The van der Waals surface area contributed by atoms with E-state index in [4.69, 9.17) is 4.74 Å². The molecular formula is C12H12BrN3O3. The summed E-state index contributed by atoms with van der Waals surface area (Å²) >= 11 is 2.99. The second kappa shape index (κ2) is 5.94. The van der Waals surface area contributed by atoms with Crippen LogP contribution in [0.3, 0.4) is 0 Å². The van der Waals surface area contributed by atoms with Gasteiger partial charge in [-0.05, 0) is 21.5 Å². The molecular weight excluding hydrogens is 314 g/mol. The first-order valence-electron chi connectivity index (χ1n) is 5.57. The largest absolute Gasteiger partial charge is 0.359 e. The molecule has 1 unspecified atom stereocenters. The lowest BCUT2D eigenvalue weighted by Gasteiger charge is -2.16. The number of methoxy groups -OCH3 is 1. The summed E-state index contributed by atoms with van der Waals surface area (Å²) in [6, 6.07) is 9.57. The van der Waals surface area contributed by atoms with E-state index in [1.54, 1.807) is 0 Å². The van der Waals surface area contributed by atoms with Crippen LogP contribution in [0.25, 0.3) is 0 Å². The Morgan fingerprint density at radius 1 is 1.37 bits per heavy atom. The molecule has 0 radical (unpaired) electrons. The van der Waals surface area contributed by atoms with Crippen LogP contribution in [-0.2, 0) is 11.2 Å². The van der Waals surface area contributed by atoms with Gasteiger partial charge in [-0.3, -0.25) is 9.78 Å². The van der Waals surface area contributed by atoms with Crippen molar-refractivity contribution in [3.63, 3.8) is 0 Å². The van der Waals surface area contributed by atoms with Crippen molar-refractivity contribution < 1.29 is 4.74 Å². The minimum absolute atomic E-state index is 0.0437. The predicted octanol–water partition coefficient (Wildman–Crippen LogP) is 1.08. The number of halogens is 1. The average molecular weight is 326 g/mol. The lowest BCUT2D eigenvalue weighted by atomic mass is 10.1. The van der Waals surface area contributed by atoms with E-state index in [2.05, 4.69) is 26.0 Å². The third kappa shape index (κ3) is 3.18. The second-order valence-electron chi connectivity index (χ2n) is 3.87. The fourth-order valence-corrected chi connectivity index (χ4v) is 1.94. The van der Waals surface area contributed by atoms with E-state index in [1.165, 1.54) is 7.11 Å². The van der Waals surface area contributed by atoms with Gasteiger partial charge in [0.25, 0.3) is 5.56 Å². The van der Waals surface area contributed by atoms with Crippen LogP contribution in [0.1, 0.15) is 11.8 Å². The molecule has 6 nitrogen and oxygen atoms in total. The van der Waals surface area contributed by atoms with Crippen molar-refractivity contribution in [1.29, 1.82) is 0 Å². The first-order valence-corrected chi connectivity index (χ1v) is 6.36. The van der Waals surface area contributed by atoms with Crippen molar-refractivity contribution in [3.05, 3.63) is 61.3 Å². The molecule has 1 aromatic heterocycles. The van der Waals surface area contributed by atoms with Crippen molar-refractivity contribution in [1.82, 2.24) is 14.8 Å². The van der Waals surface area contributed by atoms with E-state index in [1.807, 2.05) is 30.3 Å². The Balaban J connectivity index is 2.35.